The summed E-state index contributed by atoms with van der Waals surface area (Å²) < 4.78 is 5.39. The summed E-state index contributed by atoms with van der Waals surface area (Å²) >= 11 is 0. The van der Waals surface area contributed by atoms with Crippen molar-refractivity contribution >= 4 is 23.2 Å². The highest BCUT2D eigenvalue weighted by molar-refractivity contribution is 5.92. The first-order valence-electron chi connectivity index (χ1n) is 8.39. The van der Waals surface area contributed by atoms with Gasteiger partial charge in [0.15, 0.2) is 0 Å². The molecule has 144 valence electrons. The molecule has 0 bridgehead atoms. The average Bonchev–Trinajstić information content (AvgIpc) is 2.53. The van der Waals surface area contributed by atoms with E-state index in [4.69, 9.17) is 4.74 Å². The van der Waals surface area contributed by atoms with Crippen LogP contribution >= 0.6 is 0 Å². The Balaban J connectivity index is 2.60. The van der Waals surface area contributed by atoms with Gasteiger partial charge in [0.05, 0.1) is 17.7 Å². The van der Waals surface area contributed by atoms with Gasteiger partial charge in [0, 0.05) is 43.9 Å². The summed E-state index contributed by atoms with van der Waals surface area (Å²) in [7, 11) is 3.44. The first-order chi connectivity index (χ1) is 12.1. The highest BCUT2D eigenvalue weighted by Crippen LogP contribution is 2.42. The van der Waals surface area contributed by atoms with Crippen molar-refractivity contribution in [3.63, 3.8) is 0 Å². The monoisotopic (exact) mass is 366 g/mol. The number of ether oxygens (including phenoxy) is 1. The number of benzene rings is 1. The van der Waals surface area contributed by atoms with E-state index in [1.807, 2.05) is 11.9 Å². The lowest BCUT2D eigenvalue weighted by Gasteiger charge is -2.36. The summed E-state index contributed by atoms with van der Waals surface area (Å²) in [5.41, 5.74) is -0.302. The van der Waals surface area contributed by atoms with Crippen molar-refractivity contribution in [1.82, 2.24) is 4.90 Å². The fraction of sp³-hybridized carbons (Fsp3) is 0.588. The van der Waals surface area contributed by atoms with Crippen LogP contribution in [0.5, 0.6) is 5.75 Å². The van der Waals surface area contributed by atoms with E-state index in [9.17, 15) is 20.0 Å². The molecule has 1 aromatic carbocycles. The van der Waals surface area contributed by atoms with Crippen LogP contribution in [0.15, 0.2) is 12.1 Å². The van der Waals surface area contributed by atoms with E-state index in [0.29, 0.717) is 24.5 Å². The molecule has 0 spiro atoms. The molecule has 1 N–H and O–H groups in total. The molecule has 2 rings (SSSR count). The highest BCUT2D eigenvalue weighted by Gasteiger charge is 2.34. The van der Waals surface area contributed by atoms with E-state index in [2.05, 4.69) is 4.90 Å². The summed E-state index contributed by atoms with van der Waals surface area (Å²) in [5.74, 6) is 0.293. The van der Waals surface area contributed by atoms with Gasteiger partial charge in [-0.15, -0.1) is 0 Å². The number of rotatable bonds is 4. The van der Waals surface area contributed by atoms with Crippen molar-refractivity contribution in [2.45, 2.75) is 26.3 Å². The predicted molar refractivity (Wildman–Crippen MR) is 99.6 cm³/mol. The topological polar surface area (TPSA) is 99.4 Å². The quantitative estimate of drug-likeness (QED) is 0.646. The van der Waals surface area contributed by atoms with Crippen molar-refractivity contribution in [1.29, 1.82) is 0 Å². The fourth-order valence-corrected chi connectivity index (χ4v) is 3.08. The number of anilines is 2. The number of hydrogen-bond donors (Lipinski definition) is 1. The van der Waals surface area contributed by atoms with Gasteiger partial charge < -0.3 is 19.6 Å². The van der Waals surface area contributed by atoms with Crippen LogP contribution in [0.4, 0.5) is 21.9 Å². The molecule has 0 unspecified atom stereocenters. The number of methoxy groups -OCH3 is 1. The Hall–Kier alpha value is -2.55. The standard InChI is InChI=1S/C17H26N4O5/c1-17(2,3)20(16(22)23)14-10-13(21(24)25)12(11-15(14)26-5)19-8-6-18(4)7-9-19/h10-11H,6-9H2,1-5H3,(H,22,23). The molecule has 1 aliphatic rings. The summed E-state index contributed by atoms with van der Waals surface area (Å²) in [6.45, 7) is 8.07. The summed E-state index contributed by atoms with van der Waals surface area (Å²) in [6, 6.07) is 2.87. The smallest absolute Gasteiger partial charge is 0.412 e. The lowest BCUT2D eigenvalue weighted by atomic mass is 10.0. The molecule has 0 radical (unpaired) electrons. The van der Waals surface area contributed by atoms with Gasteiger partial charge in [0.2, 0.25) is 0 Å². The van der Waals surface area contributed by atoms with Crippen LogP contribution in [-0.2, 0) is 0 Å². The maximum absolute atomic E-state index is 11.8. The SMILES string of the molecule is COc1cc(N2CCN(C)CC2)c([N+](=O)[O-])cc1N(C(=O)O)C(C)(C)C. The lowest BCUT2D eigenvalue weighted by Crippen LogP contribution is -2.46. The molecular weight excluding hydrogens is 340 g/mol. The van der Waals surface area contributed by atoms with Gasteiger partial charge in [0.25, 0.3) is 5.69 Å². The third kappa shape index (κ3) is 3.98. The minimum Gasteiger partial charge on any atom is -0.494 e. The number of amides is 1. The van der Waals surface area contributed by atoms with Gasteiger partial charge >= 0.3 is 6.09 Å². The number of carbonyl (C=O) groups is 1. The first-order valence-corrected chi connectivity index (χ1v) is 8.39. The Bertz CT molecular complexity index is 693. The largest absolute Gasteiger partial charge is 0.494 e. The van der Waals surface area contributed by atoms with Crippen molar-refractivity contribution in [3.05, 3.63) is 22.2 Å². The molecule has 1 saturated heterocycles. The molecule has 0 aliphatic carbocycles. The molecule has 0 atom stereocenters. The van der Waals surface area contributed by atoms with Crippen molar-refractivity contribution in [3.8, 4) is 5.75 Å². The van der Waals surface area contributed by atoms with Crippen LogP contribution in [0.25, 0.3) is 0 Å². The van der Waals surface area contributed by atoms with Crippen LogP contribution in [0, 0.1) is 10.1 Å². The van der Waals surface area contributed by atoms with Gasteiger partial charge in [-0.05, 0) is 27.8 Å². The highest BCUT2D eigenvalue weighted by atomic mass is 16.6. The third-order valence-corrected chi connectivity index (χ3v) is 4.42. The fourth-order valence-electron chi connectivity index (χ4n) is 3.08. The molecule has 1 aliphatic heterocycles. The van der Waals surface area contributed by atoms with Crippen LogP contribution in [-0.4, -0.2) is 66.9 Å². The predicted octanol–water partition coefficient (Wildman–Crippen LogP) is 2.64. The normalized spacial score (nSPS) is 15.7. The average molecular weight is 366 g/mol. The Morgan fingerprint density at radius 1 is 1.27 bits per heavy atom. The number of nitro benzene ring substituents is 1. The van der Waals surface area contributed by atoms with Crippen LogP contribution in [0.3, 0.4) is 0 Å². The van der Waals surface area contributed by atoms with Gasteiger partial charge in [-0.2, -0.15) is 0 Å². The van der Waals surface area contributed by atoms with Gasteiger partial charge in [-0.3, -0.25) is 15.0 Å². The van der Waals surface area contributed by atoms with E-state index >= 15 is 0 Å². The van der Waals surface area contributed by atoms with Gasteiger partial charge in [0.1, 0.15) is 11.4 Å². The van der Waals surface area contributed by atoms with Crippen molar-refractivity contribution in [2.24, 2.45) is 0 Å². The lowest BCUT2D eigenvalue weighted by molar-refractivity contribution is -0.384. The maximum Gasteiger partial charge on any atom is 0.412 e. The second-order valence-corrected chi connectivity index (χ2v) is 7.35. The van der Waals surface area contributed by atoms with E-state index < -0.39 is 16.6 Å². The van der Waals surface area contributed by atoms with Crippen LogP contribution in [0.1, 0.15) is 20.8 Å². The minimum atomic E-state index is -1.20. The number of nitro groups is 1. The molecule has 9 heteroatoms. The Kier molecular flexibility index (Phi) is 5.60. The van der Waals surface area contributed by atoms with Crippen molar-refractivity contribution < 1.29 is 19.6 Å². The zero-order chi connectivity index (χ0) is 19.6. The Labute approximate surface area is 152 Å². The summed E-state index contributed by atoms with van der Waals surface area (Å²) in [5, 5.41) is 21.3. The van der Waals surface area contributed by atoms with Gasteiger partial charge in [-0.25, -0.2) is 4.79 Å². The maximum atomic E-state index is 11.8. The Morgan fingerprint density at radius 3 is 2.27 bits per heavy atom. The van der Waals surface area contributed by atoms with E-state index in [0.717, 1.165) is 18.0 Å². The van der Waals surface area contributed by atoms with E-state index in [-0.39, 0.29) is 11.4 Å². The second kappa shape index (κ2) is 7.36. The number of hydrogen-bond acceptors (Lipinski definition) is 6. The molecule has 1 fully saturated rings. The summed E-state index contributed by atoms with van der Waals surface area (Å²) in [6.07, 6.45) is -1.20. The molecule has 1 amide bonds. The number of carboxylic acid groups (broad SMARTS) is 1. The number of likely N-dealkylation sites (N-methyl/N-ethyl adjacent to an activating group) is 1. The number of nitrogens with zero attached hydrogens (tertiary/aromatic N) is 4. The molecule has 9 nitrogen and oxygen atoms in total. The molecule has 1 heterocycles. The zero-order valence-electron chi connectivity index (χ0n) is 15.9. The van der Waals surface area contributed by atoms with E-state index in [1.165, 1.54) is 13.2 Å². The second-order valence-electron chi connectivity index (χ2n) is 7.35. The number of piperazine rings is 1. The van der Waals surface area contributed by atoms with Crippen LogP contribution < -0.4 is 14.5 Å². The third-order valence-electron chi connectivity index (χ3n) is 4.42. The van der Waals surface area contributed by atoms with Gasteiger partial charge in [-0.1, -0.05) is 0 Å². The molecule has 26 heavy (non-hydrogen) atoms. The molecule has 1 aromatic rings. The molecule has 0 saturated carbocycles. The molecule has 0 aromatic heterocycles. The van der Waals surface area contributed by atoms with E-state index in [1.54, 1.807) is 26.8 Å². The Morgan fingerprint density at radius 2 is 1.85 bits per heavy atom. The zero-order valence-corrected chi connectivity index (χ0v) is 15.9. The first kappa shape index (κ1) is 19.8. The molecular formula is C17H26N4O5. The minimum absolute atomic E-state index is 0.124. The summed E-state index contributed by atoms with van der Waals surface area (Å²) in [4.78, 5) is 28.2. The van der Waals surface area contributed by atoms with Crippen LogP contribution in [0.2, 0.25) is 0 Å². The van der Waals surface area contributed by atoms with Crippen molar-refractivity contribution in [2.75, 3.05) is 50.1 Å².